The van der Waals surface area contributed by atoms with E-state index in [0.717, 1.165) is 12.8 Å². The van der Waals surface area contributed by atoms with Gasteiger partial charge in [0.2, 0.25) is 0 Å². The molecule has 2 heteroatoms. The van der Waals surface area contributed by atoms with Gasteiger partial charge in [0.1, 0.15) is 6.79 Å². The smallest absolute Gasteiger partial charge is 0.106 e. The maximum absolute atomic E-state index is 8.00. The van der Waals surface area contributed by atoms with Crippen LogP contribution in [0.2, 0.25) is 0 Å². The van der Waals surface area contributed by atoms with E-state index in [4.69, 9.17) is 10.5 Å². The van der Waals surface area contributed by atoms with Crippen LogP contribution in [0.25, 0.3) is 0 Å². The molecule has 0 radical (unpaired) electrons. The van der Waals surface area contributed by atoms with Crippen LogP contribution in [0.1, 0.15) is 40.0 Å². The number of rotatable bonds is 4. The Morgan fingerprint density at radius 3 is 2.33 bits per heavy atom. The SMILES string of the molecule is C=O.CCCC(N)CC=C(C)C. The standard InChI is InChI=1S/C9H19N.CH2O/c1-4-5-9(10)7-6-8(2)3;1-2/h6,9H,4-5,7,10H2,1-3H3;1H2. The molecule has 0 aromatic heterocycles. The van der Waals surface area contributed by atoms with Gasteiger partial charge in [-0.2, -0.15) is 0 Å². The predicted molar refractivity (Wildman–Crippen MR) is 54.1 cm³/mol. The molecule has 0 aromatic rings. The molecule has 0 amide bonds. The second-order valence-corrected chi connectivity index (χ2v) is 3.07. The van der Waals surface area contributed by atoms with E-state index in [1.54, 1.807) is 0 Å². The number of carbonyl (C=O) groups excluding carboxylic acids is 1. The Hall–Kier alpha value is -0.630. The van der Waals surface area contributed by atoms with Crippen LogP contribution in [0, 0.1) is 0 Å². The van der Waals surface area contributed by atoms with Crippen LogP contribution in [-0.4, -0.2) is 12.8 Å². The summed E-state index contributed by atoms with van der Waals surface area (Å²) in [4.78, 5) is 8.00. The zero-order valence-corrected chi connectivity index (χ0v) is 8.47. The summed E-state index contributed by atoms with van der Waals surface area (Å²) in [5, 5.41) is 0. The molecule has 1 unspecified atom stereocenters. The number of allylic oxidation sites excluding steroid dienone is 1. The molecule has 0 rings (SSSR count). The first-order chi connectivity index (χ1) is 5.66. The number of carbonyl (C=O) groups is 1. The average Bonchev–Trinajstić information content (AvgIpc) is 2.05. The van der Waals surface area contributed by atoms with Crippen molar-refractivity contribution < 1.29 is 4.79 Å². The van der Waals surface area contributed by atoms with E-state index in [1.165, 1.54) is 12.0 Å². The Bertz CT molecular complexity index is 117. The van der Waals surface area contributed by atoms with Crippen LogP contribution in [0.3, 0.4) is 0 Å². The van der Waals surface area contributed by atoms with Gasteiger partial charge >= 0.3 is 0 Å². The molecule has 0 aromatic carbocycles. The average molecular weight is 171 g/mol. The fourth-order valence-corrected chi connectivity index (χ4v) is 0.876. The van der Waals surface area contributed by atoms with E-state index < -0.39 is 0 Å². The minimum Gasteiger partial charge on any atom is -0.327 e. The van der Waals surface area contributed by atoms with Crippen molar-refractivity contribution in [1.82, 2.24) is 0 Å². The molecular weight excluding hydrogens is 150 g/mol. The van der Waals surface area contributed by atoms with Crippen molar-refractivity contribution in [3.8, 4) is 0 Å². The van der Waals surface area contributed by atoms with Crippen molar-refractivity contribution in [3.63, 3.8) is 0 Å². The molecule has 2 N–H and O–H groups in total. The van der Waals surface area contributed by atoms with Crippen LogP contribution in [0.5, 0.6) is 0 Å². The monoisotopic (exact) mass is 171 g/mol. The van der Waals surface area contributed by atoms with Crippen LogP contribution < -0.4 is 5.73 Å². The van der Waals surface area contributed by atoms with Crippen LogP contribution in [-0.2, 0) is 4.79 Å². The van der Waals surface area contributed by atoms with Crippen LogP contribution in [0.15, 0.2) is 11.6 Å². The van der Waals surface area contributed by atoms with Gasteiger partial charge in [0.15, 0.2) is 0 Å². The van der Waals surface area contributed by atoms with Gasteiger partial charge in [-0.25, -0.2) is 0 Å². The van der Waals surface area contributed by atoms with Crippen LogP contribution in [0.4, 0.5) is 0 Å². The maximum Gasteiger partial charge on any atom is 0.106 e. The summed E-state index contributed by atoms with van der Waals surface area (Å²) in [5.41, 5.74) is 7.16. The van der Waals surface area contributed by atoms with Gasteiger partial charge in [0.25, 0.3) is 0 Å². The fraction of sp³-hybridized carbons (Fsp3) is 0.700. The lowest BCUT2D eigenvalue weighted by atomic mass is 10.1. The van der Waals surface area contributed by atoms with Gasteiger partial charge in [-0.15, -0.1) is 0 Å². The summed E-state index contributed by atoms with van der Waals surface area (Å²) in [6, 6.07) is 0.375. The molecule has 0 aliphatic heterocycles. The normalized spacial score (nSPS) is 11.0. The Kier molecular flexibility index (Phi) is 12.0. The molecule has 0 fully saturated rings. The van der Waals surface area contributed by atoms with E-state index in [1.807, 2.05) is 6.79 Å². The lowest BCUT2D eigenvalue weighted by Crippen LogP contribution is -2.18. The van der Waals surface area contributed by atoms with Gasteiger partial charge in [-0.05, 0) is 26.7 Å². The second-order valence-electron chi connectivity index (χ2n) is 3.07. The summed E-state index contributed by atoms with van der Waals surface area (Å²) in [7, 11) is 0. The number of nitrogens with two attached hydrogens (primary N) is 1. The van der Waals surface area contributed by atoms with Gasteiger partial charge in [-0.3, -0.25) is 0 Å². The van der Waals surface area contributed by atoms with Crippen molar-refractivity contribution in [1.29, 1.82) is 0 Å². The van der Waals surface area contributed by atoms with Gasteiger partial charge in [0, 0.05) is 6.04 Å². The van der Waals surface area contributed by atoms with Gasteiger partial charge in [-0.1, -0.05) is 25.0 Å². The predicted octanol–water partition coefficient (Wildman–Crippen LogP) is 2.29. The summed E-state index contributed by atoms with van der Waals surface area (Å²) in [6.07, 6.45) is 5.58. The Balaban J connectivity index is 0. The molecule has 2 nitrogen and oxygen atoms in total. The second kappa shape index (κ2) is 10.4. The summed E-state index contributed by atoms with van der Waals surface area (Å²) in [5.74, 6) is 0. The molecule has 12 heavy (non-hydrogen) atoms. The summed E-state index contributed by atoms with van der Waals surface area (Å²) < 4.78 is 0. The highest BCUT2D eigenvalue weighted by Gasteiger charge is 1.96. The molecule has 0 bridgehead atoms. The Labute approximate surface area is 75.8 Å². The molecule has 1 atom stereocenters. The van der Waals surface area contributed by atoms with E-state index in [0.29, 0.717) is 6.04 Å². The highest BCUT2D eigenvalue weighted by atomic mass is 16.1. The van der Waals surface area contributed by atoms with E-state index in [2.05, 4.69) is 26.8 Å². The number of hydrogen-bond acceptors (Lipinski definition) is 2. The van der Waals surface area contributed by atoms with Crippen molar-refractivity contribution in [2.45, 2.75) is 46.1 Å². The quantitative estimate of drug-likeness (QED) is 0.659. The lowest BCUT2D eigenvalue weighted by Gasteiger charge is -2.05. The molecule has 0 saturated heterocycles. The minimum atomic E-state index is 0.375. The highest BCUT2D eigenvalue weighted by Crippen LogP contribution is 2.01. The van der Waals surface area contributed by atoms with Crippen molar-refractivity contribution in [2.75, 3.05) is 0 Å². The highest BCUT2D eigenvalue weighted by molar-refractivity contribution is 5.10. The first-order valence-electron chi connectivity index (χ1n) is 4.34. The van der Waals surface area contributed by atoms with E-state index in [-0.39, 0.29) is 0 Å². The summed E-state index contributed by atoms with van der Waals surface area (Å²) >= 11 is 0. The maximum atomic E-state index is 8.00. The largest absolute Gasteiger partial charge is 0.327 e. The summed E-state index contributed by atoms with van der Waals surface area (Å²) in [6.45, 7) is 8.39. The number of hydrogen-bond donors (Lipinski definition) is 1. The molecule has 72 valence electrons. The first-order valence-corrected chi connectivity index (χ1v) is 4.34. The molecule has 0 aliphatic rings. The molecule has 0 saturated carbocycles. The molecule has 0 spiro atoms. The fourth-order valence-electron chi connectivity index (χ4n) is 0.876. The van der Waals surface area contributed by atoms with E-state index >= 15 is 0 Å². The zero-order valence-electron chi connectivity index (χ0n) is 8.47. The van der Waals surface area contributed by atoms with Crippen LogP contribution >= 0.6 is 0 Å². The third-order valence-electron chi connectivity index (χ3n) is 1.49. The van der Waals surface area contributed by atoms with Gasteiger partial charge in [0.05, 0.1) is 0 Å². The first kappa shape index (κ1) is 13.9. The Morgan fingerprint density at radius 2 is 2.00 bits per heavy atom. The minimum absolute atomic E-state index is 0.375. The van der Waals surface area contributed by atoms with Gasteiger partial charge < -0.3 is 10.5 Å². The van der Waals surface area contributed by atoms with E-state index in [9.17, 15) is 0 Å². The van der Waals surface area contributed by atoms with Crippen molar-refractivity contribution in [2.24, 2.45) is 5.73 Å². The zero-order chi connectivity index (χ0) is 9.98. The lowest BCUT2D eigenvalue weighted by molar-refractivity contribution is -0.0979. The third kappa shape index (κ3) is 12.1. The van der Waals surface area contributed by atoms with Crippen molar-refractivity contribution >= 4 is 6.79 Å². The third-order valence-corrected chi connectivity index (χ3v) is 1.49. The molecular formula is C10H21NO. The van der Waals surface area contributed by atoms with Crippen molar-refractivity contribution in [3.05, 3.63) is 11.6 Å². The topological polar surface area (TPSA) is 43.1 Å². The Morgan fingerprint density at radius 1 is 1.50 bits per heavy atom. The molecule has 0 heterocycles. The molecule has 0 aliphatic carbocycles.